The molecule has 17 heavy (non-hydrogen) atoms. The Morgan fingerprint density at radius 1 is 1.18 bits per heavy atom. The predicted octanol–water partition coefficient (Wildman–Crippen LogP) is 3.58. The van der Waals surface area contributed by atoms with Crippen LogP contribution in [0.15, 0.2) is 24.3 Å². The maximum Gasteiger partial charge on any atom is 0.123 e. The summed E-state index contributed by atoms with van der Waals surface area (Å²) in [5.41, 5.74) is 1.32. The van der Waals surface area contributed by atoms with E-state index in [2.05, 4.69) is 51.2 Å². The summed E-state index contributed by atoms with van der Waals surface area (Å²) >= 11 is 0. The molecule has 0 radical (unpaired) electrons. The molecule has 0 saturated heterocycles. The summed E-state index contributed by atoms with van der Waals surface area (Å²) < 4.78 is 6.01. The predicted molar refractivity (Wildman–Crippen MR) is 73.8 cm³/mol. The van der Waals surface area contributed by atoms with Gasteiger partial charge in [0.2, 0.25) is 0 Å². The molecule has 2 heteroatoms. The zero-order valence-corrected chi connectivity index (χ0v) is 11.5. The van der Waals surface area contributed by atoms with Crippen molar-refractivity contribution < 1.29 is 4.74 Å². The van der Waals surface area contributed by atoms with Crippen LogP contribution in [-0.2, 0) is 0 Å². The summed E-state index contributed by atoms with van der Waals surface area (Å²) in [6, 6.07) is 8.37. The van der Waals surface area contributed by atoms with Gasteiger partial charge in [0.05, 0.1) is 0 Å². The lowest BCUT2D eigenvalue weighted by Gasteiger charge is -2.20. The van der Waals surface area contributed by atoms with Crippen molar-refractivity contribution in [3.8, 4) is 5.75 Å². The summed E-state index contributed by atoms with van der Waals surface area (Å²) in [6.45, 7) is 10.6. The van der Waals surface area contributed by atoms with E-state index in [0.29, 0.717) is 5.92 Å². The van der Waals surface area contributed by atoms with E-state index in [-0.39, 0.29) is 6.10 Å². The van der Waals surface area contributed by atoms with Crippen molar-refractivity contribution in [2.24, 2.45) is 0 Å². The quantitative estimate of drug-likeness (QED) is 0.780. The number of hydrogen-bond donors (Lipinski definition) is 1. The molecule has 0 aliphatic heterocycles. The first-order valence-corrected chi connectivity index (χ1v) is 6.65. The van der Waals surface area contributed by atoms with E-state index >= 15 is 0 Å². The lowest BCUT2D eigenvalue weighted by atomic mass is 9.98. The van der Waals surface area contributed by atoms with Gasteiger partial charge in [-0.15, -0.1) is 0 Å². The summed E-state index contributed by atoms with van der Waals surface area (Å²) in [7, 11) is 0. The fraction of sp³-hybridized carbons (Fsp3) is 0.600. The van der Waals surface area contributed by atoms with Gasteiger partial charge in [-0.25, -0.2) is 0 Å². The molecule has 2 atom stereocenters. The molecule has 0 aliphatic carbocycles. The van der Waals surface area contributed by atoms with Crippen LogP contribution in [-0.4, -0.2) is 19.2 Å². The third-order valence-electron chi connectivity index (χ3n) is 3.07. The number of para-hydroxylation sites is 1. The minimum atomic E-state index is 0.208. The minimum Gasteiger partial charge on any atom is -0.489 e. The van der Waals surface area contributed by atoms with Gasteiger partial charge in [-0.05, 0) is 37.4 Å². The third-order valence-corrected chi connectivity index (χ3v) is 3.07. The number of benzene rings is 1. The molecular formula is C15H25NO. The van der Waals surface area contributed by atoms with E-state index in [1.165, 1.54) is 5.56 Å². The monoisotopic (exact) mass is 235 g/mol. The van der Waals surface area contributed by atoms with Crippen LogP contribution >= 0.6 is 0 Å². The molecule has 96 valence electrons. The van der Waals surface area contributed by atoms with E-state index in [1.54, 1.807) is 0 Å². The zero-order chi connectivity index (χ0) is 12.7. The Morgan fingerprint density at radius 3 is 2.53 bits per heavy atom. The van der Waals surface area contributed by atoms with Crippen molar-refractivity contribution in [2.45, 2.75) is 46.1 Å². The summed E-state index contributed by atoms with van der Waals surface area (Å²) in [5.74, 6) is 1.59. The van der Waals surface area contributed by atoms with E-state index in [0.717, 1.165) is 25.3 Å². The normalized spacial score (nSPS) is 14.4. The van der Waals surface area contributed by atoms with Gasteiger partial charge in [-0.2, -0.15) is 0 Å². The highest BCUT2D eigenvalue weighted by Gasteiger charge is 2.11. The number of hydrogen-bond acceptors (Lipinski definition) is 2. The summed E-state index contributed by atoms with van der Waals surface area (Å²) in [6.07, 6.45) is 1.35. The van der Waals surface area contributed by atoms with Crippen molar-refractivity contribution in [1.29, 1.82) is 0 Å². The molecule has 1 N–H and O–H groups in total. The van der Waals surface area contributed by atoms with Crippen LogP contribution in [0.5, 0.6) is 5.75 Å². The molecule has 0 heterocycles. The molecule has 0 aliphatic rings. The van der Waals surface area contributed by atoms with Crippen molar-refractivity contribution in [3.05, 3.63) is 29.8 Å². The van der Waals surface area contributed by atoms with Crippen LogP contribution < -0.4 is 10.1 Å². The number of ether oxygens (including phenoxy) is 1. The lowest BCUT2D eigenvalue weighted by molar-refractivity contribution is 0.215. The van der Waals surface area contributed by atoms with Gasteiger partial charge < -0.3 is 10.1 Å². The molecule has 0 spiro atoms. The molecular weight excluding hydrogens is 210 g/mol. The van der Waals surface area contributed by atoms with Gasteiger partial charge in [-0.1, -0.05) is 39.0 Å². The zero-order valence-electron chi connectivity index (χ0n) is 11.5. The molecule has 0 amide bonds. The first kappa shape index (κ1) is 14.0. The maximum atomic E-state index is 6.01. The van der Waals surface area contributed by atoms with Crippen molar-refractivity contribution in [1.82, 2.24) is 5.32 Å². The van der Waals surface area contributed by atoms with E-state index in [1.807, 2.05) is 6.07 Å². The first-order chi connectivity index (χ1) is 8.19. The highest BCUT2D eigenvalue weighted by Crippen LogP contribution is 2.28. The minimum absolute atomic E-state index is 0.208. The molecule has 1 aromatic rings. The fourth-order valence-corrected chi connectivity index (χ4v) is 1.82. The average Bonchev–Trinajstić information content (AvgIpc) is 2.36. The standard InChI is InChI=1S/C15H25NO/c1-5-12(3)14-9-7-8-10-15(14)17-13(4)11-16-6-2/h7-10,12-13,16H,5-6,11H2,1-4H3. The Labute approximate surface area is 105 Å². The Morgan fingerprint density at radius 2 is 1.88 bits per heavy atom. The Bertz CT molecular complexity index is 324. The molecule has 0 aromatic heterocycles. The molecule has 1 aromatic carbocycles. The number of rotatable bonds is 7. The van der Waals surface area contributed by atoms with Gasteiger partial charge in [0.1, 0.15) is 11.9 Å². The van der Waals surface area contributed by atoms with Crippen molar-refractivity contribution >= 4 is 0 Å². The molecule has 0 bridgehead atoms. The SMILES string of the molecule is CCNCC(C)Oc1ccccc1C(C)CC. The maximum absolute atomic E-state index is 6.01. The van der Waals surface area contributed by atoms with Crippen molar-refractivity contribution in [3.63, 3.8) is 0 Å². The summed E-state index contributed by atoms with van der Waals surface area (Å²) in [4.78, 5) is 0. The lowest BCUT2D eigenvalue weighted by Crippen LogP contribution is -2.29. The molecule has 0 saturated carbocycles. The first-order valence-electron chi connectivity index (χ1n) is 6.65. The number of likely N-dealkylation sites (N-methyl/N-ethyl adjacent to an activating group) is 1. The van der Waals surface area contributed by atoms with Crippen LogP contribution in [0.4, 0.5) is 0 Å². The van der Waals surface area contributed by atoms with Gasteiger partial charge in [0.15, 0.2) is 0 Å². The van der Waals surface area contributed by atoms with E-state index < -0.39 is 0 Å². The second kappa shape index (κ2) is 7.33. The van der Waals surface area contributed by atoms with Gasteiger partial charge in [-0.3, -0.25) is 0 Å². The van der Waals surface area contributed by atoms with Gasteiger partial charge in [0, 0.05) is 6.54 Å². The van der Waals surface area contributed by atoms with E-state index in [9.17, 15) is 0 Å². The highest BCUT2D eigenvalue weighted by molar-refractivity contribution is 5.36. The number of nitrogens with one attached hydrogen (secondary N) is 1. The van der Waals surface area contributed by atoms with Gasteiger partial charge in [0.25, 0.3) is 0 Å². The van der Waals surface area contributed by atoms with Gasteiger partial charge >= 0.3 is 0 Å². The third kappa shape index (κ3) is 4.39. The average molecular weight is 235 g/mol. The Hall–Kier alpha value is -1.02. The molecule has 0 fully saturated rings. The smallest absolute Gasteiger partial charge is 0.123 e. The molecule has 2 unspecified atom stereocenters. The van der Waals surface area contributed by atoms with Crippen LogP contribution in [0.1, 0.15) is 45.6 Å². The van der Waals surface area contributed by atoms with E-state index in [4.69, 9.17) is 4.74 Å². The van der Waals surface area contributed by atoms with Crippen LogP contribution in [0.25, 0.3) is 0 Å². The molecule has 2 nitrogen and oxygen atoms in total. The van der Waals surface area contributed by atoms with Crippen LogP contribution in [0.2, 0.25) is 0 Å². The second-order valence-electron chi connectivity index (χ2n) is 4.58. The van der Waals surface area contributed by atoms with Crippen LogP contribution in [0, 0.1) is 0 Å². The fourth-order valence-electron chi connectivity index (χ4n) is 1.82. The van der Waals surface area contributed by atoms with Crippen molar-refractivity contribution in [2.75, 3.05) is 13.1 Å². The second-order valence-corrected chi connectivity index (χ2v) is 4.58. The topological polar surface area (TPSA) is 21.3 Å². The highest BCUT2D eigenvalue weighted by atomic mass is 16.5. The Balaban J connectivity index is 2.69. The van der Waals surface area contributed by atoms with Crippen LogP contribution in [0.3, 0.4) is 0 Å². The summed E-state index contributed by atoms with van der Waals surface area (Å²) in [5, 5.41) is 3.31. The largest absolute Gasteiger partial charge is 0.489 e. The molecule has 1 rings (SSSR count). The Kier molecular flexibility index (Phi) is 6.06.